The second kappa shape index (κ2) is 4.14. The lowest BCUT2D eigenvalue weighted by Gasteiger charge is -2.07. The quantitative estimate of drug-likeness (QED) is 0.834. The number of rotatable bonds is 2. The zero-order valence-corrected chi connectivity index (χ0v) is 9.90. The van der Waals surface area contributed by atoms with E-state index in [0.717, 1.165) is 20.4 Å². The molecule has 0 spiro atoms. The molecule has 1 aromatic rings. The lowest BCUT2D eigenvalue weighted by Crippen LogP contribution is -1.88. The summed E-state index contributed by atoms with van der Waals surface area (Å²) in [6.07, 6.45) is 0. The van der Waals surface area contributed by atoms with Gasteiger partial charge < -0.3 is 9.47 Å². The molecule has 4 heteroatoms. The van der Waals surface area contributed by atoms with Crippen molar-refractivity contribution < 1.29 is 9.47 Å². The van der Waals surface area contributed by atoms with Crippen molar-refractivity contribution >= 4 is 31.9 Å². The van der Waals surface area contributed by atoms with Crippen LogP contribution in [0.25, 0.3) is 0 Å². The summed E-state index contributed by atoms with van der Waals surface area (Å²) in [4.78, 5) is 0. The molecule has 1 aromatic carbocycles. The van der Waals surface area contributed by atoms with Crippen molar-refractivity contribution in [3.05, 3.63) is 21.1 Å². The topological polar surface area (TPSA) is 18.5 Å². The minimum Gasteiger partial charge on any atom is -0.497 e. The van der Waals surface area contributed by atoms with Crippen molar-refractivity contribution in [2.75, 3.05) is 14.2 Å². The molecule has 0 aliphatic rings. The first-order chi connectivity index (χ1) is 5.69. The molecule has 2 nitrogen and oxygen atoms in total. The monoisotopic (exact) mass is 294 g/mol. The molecule has 0 amide bonds. The molecule has 0 heterocycles. The SMILES string of the molecule is COc1cc(Br)c(OC)c(Br)c1. The van der Waals surface area contributed by atoms with Gasteiger partial charge in [-0.15, -0.1) is 0 Å². The van der Waals surface area contributed by atoms with E-state index in [2.05, 4.69) is 31.9 Å². The van der Waals surface area contributed by atoms with Gasteiger partial charge in [-0.1, -0.05) is 0 Å². The number of halogens is 2. The third-order valence-corrected chi connectivity index (χ3v) is 2.59. The van der Waals surface area contributed by atoms with Crippen molar-refractivity contribution in [3.8, 4) is 11.5 Å². The maximum Gasteiger partial charge on any atom is 0.147 e. The first kappa shape index (κ1) is 9.86. The molecule has 0 N–H and O–H groups in total. The molecular formula is C8H8Br2O2. The number of hydrogen-bond acceptors (Lipinski definition) is 2. The van der Waals surface area contributed by atoms with Crippen molar-refractivity contribution in [3.63, 3.8) is 0 Å². The van der Waals surface area contributed by atoms with E-state index in [9.17, 15) is 0 Å². The Bertz CT molecular complexity index is 263. The minimum atomic E-state index is 0.774. The van der Waals surface area contributed by atoms with E-state index in [4.69, 9.17) is 9.47 Å². The fourth-order valence-electron chi connectivity index (χ4n) is 0.849. The highest BCUT2D eigenvalue weighted by Gasteiger charge is 2.07. The molecule has 0 saturated heterocycles. The highest BCUT2D eigenvalue weighted by atomic mass is 79.9. The molecule has 0 aliphatic carbocycles. The van der Waals surface area contributed by atoms with Gasteiger partial charge in [0.2, 0.25) is 0 Å². The molecule has 0 aromatic heterocycles. The number of ether oxygens (including phenoxy) is 2. The van der Waals surface area contributed by atoms with Gasteiger partial charge in [0, 0.05) is 0 Å². The molecule has 66 valence electrons. The fraction of sp³-hybridized carbons (Fsp3) is 0.250. The van der Waals surface area contributed by atoms with E-state index in [-0.39, 0.29) is 0 Å². The van der Waals surface area contributed by atoms with Gasteiger partial charge in [-0.25, -0.2) is 0 Å². The third kappa shape index (κ3) is 1.93. The Morgan fingerprint density at radius 2 is 1.50 bits per heavy atom. The zero-order chi connectivity index (χ0) is 9.14. The molecule has 0 aliphatic heterocycles. The van der Waals surface area contributed by atoms with Crippen LogP contribution in [0, 0.1) is 0 Å². The predicted molar refractivity (Wildman–Crippen MR) is 54.9 cm³/mol. The predicted octanol–water partition coefficient (Wildman–Crippen LogP) is 3.23. The van der Waals surface area contributed by atoms with Gasteiger partial charge in [0.25, 0.3) is 0 Å². The zero-order valence-electron chi connectivity index (χ0n) is 6.73. The van der Waals surface area contributed by atoms with E-state index in [1.807, 2.05) is 12.1 Å². The molecule has 0 bridgehead atoms. The highest BCUT2D eigenvalue weighted by molar-refractivity contribution is 9.11. The van der Waals surface area contributed by atoms with E-state index >= 15 is 0 Å². The minimum absolute atomic E-state index is 0.774. The first-order valence-electron chi connectivity index (χ1n) is 3.26. The number of hydrogen-bond donors (Lipinski definition) is 0. The Labute approximate surface area is 88.1 Å². The van der Waals surface area contributed by atoms with Crippen LogP contribution in [-0.2, 0) is 0 Å². The van der Waals surface area contributed by atoms with Gasteiger partial charge >= 0.3 is 0 Å². The summed E-state index contributed by atoms with van der Waals surface area (Å²) in [5.74, 6) is 1.56. The summed E-state index contributed by atoms with van der Waals surface area (Å²) in [5.41, 5.74) is 0. The smallest absolute Gasteiger partial charge is 0.147 e. The average molecular weight is 296 g/mol. The average Bonchev–Trinajstić information content (AvgIpc) is 2.03. The normalized spacial score (nSPS) is 9.67. The lowest BCUT2D eigenvalue weighted by molar-refractivity contribution is 0.398. The molecule has 1 rings (SSSR count). The van der Waals surface area contributed by atoms with Crippen LogP contribution >= 0.6 is 31.9 Å². The molecule has 0 atom stereocenters. The summed E-state index contributed by atoms with van der Waals surface area (Å²) < 4.78 is 11.9. The Morgan fingerprint density at radius 3 is 1.83 bits per heavy atom. The summed E-state index contributed by atoms with van der Waals surface area (Å²) >= 11 is 6.73. The standard InChI is InChI=1S/C8H8Br2O2/c1-11-5-3-6(9)8(12-2)7(10)4-5/h3-4H,1-2H3. The summed E-state index contributed by atoms with van der Waals surface area (Å²) in [5, 5.41) is 0. The molecule has 0 saturated carbocycles. The van der Waals surface area contributed by atoms with E-state index in [0.29, 0.717) is 0 Å². The van der Waals surface area contributed by atoms with Crippen LogP contribution in [0.3, 0.4) is 0 Å². The maximum absolute atomic E-state index is 5.13. The van der Waals surface area contributed by atoms with E-state index < -0.39 is 0 Å². The first-order valence-corrected chi connectivity index (χ1v) is 4.84. The van der Waals surface area contributed by atoms with Crippen LogP contribution in [0.15, 0.2) is 21.1 Å². The molecule has 0 unspecified atom stereocenters. The van der Waals surface area contributed by atoms with Crippen LogP contribution in [0.5, 0.6) is 11.5 Å². The maximum atomic E-state index is 5.13. The van der Waals surface area contributed by atoms with Crippen LogP contribution in [0.2, 0.25) is 0 Å². The van der Waals surface area contributed by atoms with Gasteiger partial charge in [-0.3, -0.25) is 0 Å². The lowest BCUT2D eigenvalue weighted by atomic mass is 10.3. The summed E-state index contributed by atoms with van der Waals surface area (Å²) in [6, 6.07) is 3.70. The summed E-state index contributed by atoms with van der Waals surface area (Å²) in [7, 11) is 3.25. The Balaban J connectivity index is 3.18. The number of benzene rings is 1. The fourth-order valence-corrected chi connectivity index (χ4v) is 2.32. The molecule has 12 heavy (non-hydrogen) atoms. The Morgan fingerprint density at radius 1 is 1.00 bits per heavy atom. The third-order valence-electron chi connectivity index (χ3n) is 1.41. The molecule has 0 radical (unpaired) electrons. The van der Waals surface area contributed by atoms with Crippen LogP contribution in [0.1, 0.15) is 0 Å². The second-order valence-corrected chi connectivity index (χ2v) is 3.83. The van der Waals surface area contributed by atoms with Crippen molar-refractivity contribution in [2.45, 2.75) is 0 Å². The highest BCUT2D eigenvalue weighted by Crippen LogP contribution is 2.36. The van der Waals surface area contributed by atoms with E-state index in [1.165, 1.54) is 0 Å². The number of methoxy groups -OCH3 is 2. The second-order valence-electron chi connectivity index (χ2n) is 2.12. The Hall–Kier alpha value is -0.220. The van der Waals surface area contributed by atoms with Crippen molar-refractivity contribution in [2.24, 2.45) is 0 Å². The largest absolute Gasteiger partial charge is 0.497 e. The molecular weight excluding hydrogens is 288 g/mol. The van der Waals surface area contributed by atoms with Gasteiger partial charge in [0.15, 0.2) is 0 Å². The van der Waals surface area contributed by atoms with E-state index in [1.54, 1.807) is 14.2 Å². The van der Waals surface area contributed by atoms with Crippen LogP contribution in [0.4, 0.5) is 0 Å². The Kier molecular flexibility index (Phi) is 3.40. The van der Waals surface area contributed by atoms with Crippen molar-refractivity contribution in [1.29, 1.82) is 0 Å². The van der Waals surface area contributed by atoms with Gasteiger partial charge in [0.1, 0.15) is 11.5 Å². The van der Waals surface area contributed by atoms with Crippen molar-refractivity contribution in [1.82, 2.24) is 0 Å². The van der Waals surface area contributed by atoms with Gasteiger partial charge in [-0.2, -0.15) is 0 Å². The van der Waals surface area contributed by atoms with Crippen LogP contribution < -0.4 is 9.47 Å². The van der Waals surface area contributed by atoms with Gasteiger partial charge in [-0.05, 0) is 44.0 Å². The summed E-state index contributed by atoms with van der Waals surface area (Å²) in [6.45, 7) is 0. The molecule has 0 fully saturated rings. The van der Waals surface area contributed by atoms with Gasteiger partial charge in [0.05, 0.1) is 23.2 Å². The van der Waals surface area contributed by atoms with Crippen LogP contribution in [-0.4, -0.2) is 14.2 Å².